The molecule has 0 saturated carbocycles. The molecule has 0 spiro atoms. The van der Waals surface area contributed by atoms with Gasteiger partial charge in [-0.3, -0.25) is 9.59 Å². The summed E-state index contributed by atoms with van der Waals surface area (Å²) in [6.07, 6.45) is 1.87. The van der Waals surface area contributed by atoms with E-state index in [1.54, 1.807) is 18.2 Å². The first-order chi connectivity index (χ1) is 14.8. The summed E-state index contributed by atoms with van der Waals surface area (Å²) in [5.41, 5.74) is 4.00. The first kappa shape index (κ1) is 23.7. The van der Waals surface area contributed by atoms with E-state index >= 15 is 0 Å². The number of benzene rings is 2. The van der Waals surface area contributed by atoms with E-state index in [1.165, 1.54) is 19.4 Å². The van der Waals surface area contributed by atoms with Gasteiger partial charge in [-0.1, -0.05) is 32.0 Å². The van der Waals surface area contributed by atoms with Crippen molar-refractivity contribution in [3.05, 3.63) is 53.6 Å². The number of para-hydroxylation sites is 1. The lowest BCUT2D eigenvalue weighted by molar-refractivity contribution is -0.130. The van der Waals surface area contributed by atoms with Crippen molar-refractivity contribution in [2.45, 2.75) is 33.2 Å². The average Bonchev–Trinajstić information content (AvgIpc) is 2.73. The van der Waals surface area contributed by atoms with Crippen LogP contribution in [0.1, 0.15) is 31.4 Å². The van der Waals surface area contributed by atoms with Crippen molar-refractivity contribution in [2.75, 3.05) is 13.7 Å². The smallest absolute Gasteiger partial charge is 0.262 e. The Morgan fingerprint density at radius 2 is 1.90 bits per heavy atom. The summed E-state index contributed by atoms with van der Waals surface area (Å²) in [5.74, 6) is 0.288. The molecular formula is C23H29N3O5. The summed E-state index contributed by atoms with van der Waals surface area (Å²) in [4.78, 5) is 24.9. The van der Waals surface area contributed by atoms with E-state index in [-0.39, 0.29) is 18.3 Å². The largest absolute Gasteiger partial charge is 0.504 e. The van der Waals surface area contributed by atoms with Gasteiger partial charge in [0.1, 0.15) is 11.8 Å². The number of rotatable bonds is 10. The number of aryl methyl sites for hydroxylation is 1. The first-order valence-electron chi connectivity index (χ1n) is 9.97. The number of carbonyl (C=O) groups is 2. The van der Waals surface area contributed by atoms with Crippen LogP contribution in [0.2, 0.25) is 0 Å². The number of phenolic OH excluding ortho intramolecular Hbond substituents is 1. The van der Waals surface area contributed by atoms with Gasteiger partial charge in [0.2, 0.25) is 0 Å². The molecule has 0 aliphatic carbocycles. The molecule has 0 unspecified atom stereocenters. The van der Waals surface area contributed by atoms with E-state index in [1.807, 2.05) is 39.0 Å². The van der Waals surface area contributed by atoms with Gasteiger partial charge >= 0.3 is 0 Å². The zero-order valence-corrected chi connectivity index (χ0v) is 18.2. The maximum atomic E-state index is 12.6. The molecule has 2 aromatic carbocycles. The average molecular weight is 428 g/mol. The van der Waals surface area contributed by atoms with Gasteiger partial charge in [0, 0.05) is 0 Å². The molecule has 0 radical (unpaired) electrons. The molecular weight excluding hydrogens is 398 g/mol. The number of amides is 2. The highest BCUT2D eigenvalue weighted by Crippen LogP contribution is 2.25. The molecule has 2 amide bonds. The Kier molecular flexibility index (Phi) is 8.87. The van der Waals surface area contributed by atoms with E-state index in [4.69, 9.17) is 9.47 Å². The summed E-state index contributed by atoms with van der Waals surface area (Å²) in [5, 5.41) is 16.3. The molecule has 0 heterocycles. The van der Waals surface area contributed by atoms with Crippen LogP contribution in [0.4, 0.5) is 0 Å². The van der Waals surface area contributed by atoms with Crippen LogP contribution in [0.5, 0.6) is 17.2 Å². The van der Waals surface area contributed by atoms with Crippen LogP contribution in [-0.2, 0) is 9.59 Å². The number of hydrogen-bond donors (Lipinski definition) is 3. The van der Waals surface area contributed by atoms with Crippen molar-refractivity contribution in [3.63, 3.8) is 0 Å². The second-order valence-corrected chi connectivity index (χ2v) is 7.47. The molecule has 8 nitrogen and oxygen atoms in total. The summed E-state index contributed by atoms with van der Waals surface area (Å²) in [6.45, 7) is 5.62. The number of ether oxygens (including phenoxy) is 2. The quantitative estimate of drug-likeness (QED) is 0.399. The fourth-order valence-electron chi connectivity index (χ4n) is 2.82. The van der Waals surface area contributed by atoms with Gasteiger partial charge < -0.3 is 19.9 Å². The molecule has 0 bridgehead atoms. The summed E-state index contributed by atoms with van der Waals surface area (Å²) in [6, 6.07) is 11.3. The van der Waals surface area contributed by atoms with Crippen LogP contribution in [0, 0.1) is 12.8 Å². The first-order valence-corrected chi connectivity index (χ1v) is 9.97. The summed E-state index contributed by atoms with van der Waals surface area (Å²) < 4.78 is 10.6. The number of nitrogens with one attached hydrogen (secondary N) is 2. The second kappa shape index (κ2) is 11.6. The van der Waals surface area contributed by atoms with Gasteiger partial charge in [0.05, 0.1) is 13.3 Å². The lowest BCUT2D eigenvalue weighted by Crippen LogP contribution is -2.47. The summed E-state index contributed by atoms with van der Waals surface area (Å²) in [7, 11) is 1.44. The predicted molar refractivity (Wildman–Crippen MR) is 118 cm³/mol. The SMILES string of the molecule is COc1cc(/C=N\NC(=O)[C@H](CC(C)C)NC(=O)COc2ccccc2C)ccc1O. The van der Waals surface area contributed by atoms with Crippen molar-refractivity contribution in [1.82, 2.24) is 10.7 Å². The van der Waals surface area contributed by atoms with Crippen LogP contribution in [0.25, 0.3) is 0 Å². The Morgan fingerprint density at radius 1 is 1.16 bits per heavy atom. The van der Waals surface area contributed by atoms with E-state index in [0.29, 0.717) is 23.5 Å². The minimum absolute atomic E-state index is 0.0105. The number of carbonyl (C=O) groups excluding carboxylic acids is 2. The Bertz CT molecular complexity index is 927. The van der Waals surface area contributed by atoms with Crippen molar-refractivity contribution >= 4 is 18.0 Å². The molecule has 0 saturated heterocycles. The van der Waals surface area contributed by atoms with E-state index < -0.39 is 17.9 Å². The van der Waals surface area contributed by atoms with Gasteiger partial charge in [-0.15, -0.1) is 0 Å². The third-order valence-electron chi connectivity index (χ3n) is 4.40. The molecule has 166 valence electrons. The molecule has 31 heavy (non-hydrogen) atoms. The standard InChI is InChI=1S/C23H29N3O5/c1-15(2)11-18(25-22(28)14-31-20-8-6-5-7-16(20)3)23(29)26-24-13-17-9-10-19(27)21(12-17)30-4/h5-10,12-13,15,18,27H,11,14H2,1-4H3,(H,25,28)(H,26,29)/b24-13-/t18-/m0/s1. The molecule has 0 fully saturated rings. The van der Waals surface area contributed by atoms with Gasteiger partial charge in [-0.25, -0.2) is 5.43 Å². The molecule has 2 rings (SSSR count). The number of methoxy groups -OCH3 is 1. The topological polar surface area (TPSA) is 109 Å². The Labute approximate surface area is 182 Å². The van der Waals surface area contributed by atoms with E-state index in [9.17, 15) is 14.7 Å². The highest BCUT2D eigenvalue weighted by atomic mass is 16.5. The fraction of sp³-hybridized carbons (Fsp3) is 0.348. The minimum atomic E-state index is -0.750. The highest BCUT2D eigenvalue weighted by molar-refractivity contribution is 5.89. The number of phenols is 1. The normalized spacial score (nSPS) is 11.9. The Hall–Kier alpha value is -3.55. The molecule has 0 aromatic heterocycles. The van der Waals surface area contributed by atoms with Crippen molar-refractivity contribution < 1.29 is 24.2 Å². The number of aromatic hydroxyl groups is 1. The Morgan fingerprint density at radius 3 is 2.58 bits per heavy atom. The highest BCUT2D eigenvalue weighted by Gasteiger charge is 2.22. The predicted octanol–water partition coefficient (Wildman–Crippen LogP) is 2.77. The third-order valence-corrected chi connectivity index (χ3v) is 4.40. The summed E-state index contributed by atoms with van der Waals surface area (Å²) >= 11 is 0. The minimum Gasteiger partial charge on any atom is -0.504 e. The van der Waals surface area contributed by atoms with E-state index in [2.05, 4.69) is 15.8 Å². The van der Waals surface area contributed by atoms with Crippen molar-refractivity contribution in [3.8, 4) is 17.2 Å². The monoisotopic (exact) mass is 427 g/mol. The van der Waals surface area contributed by atoms with Crippen LogP contribution in [-0.4, -0.2) is 42.9 Å². The maximum absolute atomic E-state index is 12.6. The lowest BCUT2D eigenvalue weighted by atomic mass is 10.0. The Balaban J connectivity index is 1.95. The number of nitrogens with zero attached hydrogens (tertiary/aromatic N) is 1. The van der Waals surface area contributed by atoms with E-state index in [0.717, 1.165) is 5.56 Å². The van der Waals surface area contributed by atoms with Crippen molar-refractivity contribution in [1.29, 1.82) is 0 Å². The van der Waals surface area contributed by atoms with Gasteiger partial charge in [0.25, 0.3) is 11.8 Å². The van der Waals surface area contributed by atoms with Crippen molar-refractivity contribution in [2.24, 2.45) is 11.0 Å². The molecule has 3 N–H and O–H groups in total. The second-order valence-electron chi connectivity index (χ2n) is 7.47. The van der Waals surface area contributed by atoms with Gasteiger partial charge in [-0.05, 0) is 54.7 Å². The van der Waals surface area contributed by atoms with Crippen LogP contribution < -0.4 is 20.2 Å². The zero-order chi connectivity index (χ0) is 22.8. The van der Waals surface area contributed by atoms with Crippen LogP contribution in [0.15, 0.2) is 47.6 Å². The number of hydrazone groups is 1. The number of hydrogen-bond acceptors (Lipinski definition) is 6. The van der Waals surface area contributed by atoms with Gasteiger partial charge in [0.15, 0.2) is 18.1 Å². The zero-order valence-electron chi connectivity index (χ0n) is 18.2. The molecule has 1 atom stereocenters. The van der Waals surface area contributed by atoms with Gasteiger partial charge in [-0.2, -0.15) is 5.10 Å². The third kappa shape index (κ3) is 7.65. The molecule has 0 aliphatic heterocycles. The molecule has 2 aromatic rings. The molecule has 8 heteroatoms. The van der Waals surface area contributed by atoms with Crippen LogP contribution >= 0.6 is 0 Å². The molecule has 0 aliphatic rings. The fourth-order valence-corrected chi connectivity index (χ4v) is 2.82. The lowest BCUT2D eigenvalue weighted by Gasteiger charge is -2.19. The van der Waals surface area contributed by atoms with Crippen LogP contribution in [0.3, 0.4) is 0 Å². The maximum Gasteiger partial charge on any atom is 0.262 e.